The first kappa shape index (κ1) is 15.4. The van der Waals surface area contributed by atoms with Gasteiger partial charge < -0.3 is 14.5 Å². The first-order chi connectivity index (χ1) is 11.2. The van der Waals surface area contributed by atoms with Crippen LogP contribution in [0.4, 0.5) is 5.69 Å². The lowest BCUT2D eigenvalue weighted by molar-refractivity contribution is 0.415. The summed E-state index contributed by atoms with van der Waals surface area (Å²) in [6.07, 6.45) is 0. The van der Waals surface area contributed by atoms with E-state index in [1.54, 1.807) is 7.11 Å². The van der Waals surface area contributed by atoms with Gasteiger partial charge in [0, 0.05) is 16.3 Å². The van der Waals surface area contributed by atoms with E-state index in [9.17, 15) is 0 Å². The predicted molar refractivity (Wildman–Crippen MR) is 89.8 cm³/mol. The molecule has 118 valence electrons. The third-order valence-corrected chi connectivity index (χ3v) is 3.67. The fourth-order valence-electron chi connectivity index (χ4n) is 2.13. The van der Waals surface area contributed by atoms with Crippen molar-refractivity contribution in [2.45, 2.75) is 13.5 Å². The number of methoxy groups -OCH3 is 1. The van der Waals surface area contributed by atoms with Crippen LogP contribution in [0.5, 0.6) is 5.75 Å². The monoisotopic (exact) mass is 329 g/mol. The molecule has 0 bridgehead atoms. The molecular formula is C17H16ClN3O2. The van der Waals surface area contributed by atoms with Crippen molar-refractivity contribution < 1.29 is 9.15 Å². The highest BCUT2D eigenvalue weighted by Crippen LogP contribution is 2.23. The van der Waals surface area contributed by atoms with Gasteiger partial charge in [-0.3, -0.25) is 0 Å². The van der Waals surface area contributed by atoms with Gasteiger partial charge in [-0.1, -0.05) is 17.7 Å². The molecule has 0 radical (unpaired) electrons. The fourth-order valence-corrected chi connectivity index (χ4v) is 2.30. The number of aryl methyl sites for hydroxylation is 1. The lowest BCUT2D eigenvalue weighted by Crippen LogP contribution is -2.01. The van der Waals surface area contributed by atoms with Gasteiger partial charge in [0.05, 0.1) is 13.7 Å². The van der Waals surface area contributed by atoms with Crippen LogP contribution in [0.15, 0.2) is 46.9 Å². The SMILES string of the molecule is COc1ccc(-c2nnc(CNc3cc(Cl)ccc3C)o2)cc1. The second-order valence-corrected chi connectivity index (χ2v) is 5.48. The Morgan fingerprint density at radius 3 is 2.65 bits per heavy atom. The smallest absolute Gasteiger partial charge is 0.247 e. The van der Waals surface area contributed by atoms with Crippen molar-refractivity contribution in [3.05, 3.63) is 58.9 Å². The highest BCUT2D eigenvalue weighted by Gasteiger charge is 2.09. The maximum absolute atomic E-state index is 6.01. The van der Waals surface area contributed by atoms with Gasteiger partial charge in [0.2, 0.25) is 11.8 Å². The highest BCUT2D eigenvalue weighted by atomic mass is 35.5. The molecule has 0 unspecified atom stereocenters. The first-order valence-electron chi connectivity index (χ1n) is 7.12. The number of nitrogens with zero attached hydrogens (tertiary/aromatic N) is 2. The molecule has 0 aliphatic rings. The van der Waals surface area contributed by atoms with E-state index in [0.717, 1.165) is 22.6 Å². The van der Waals surface area contributed by atoms with Crippen molar-refractivity contribution in [2.24, 2.45) is 0 Å². The molecule has 0 spiro atoms. The van der Waals surface area contributed by atoms with E-state index in [-0.39, 0.29) is 0 Å². The molecule has 23 heavy (non-hydrogen) atoms. The lowest BCUT2D eigenvalue weighted by atomic mass is 10.2. The van der Waals surface area contributed by atoms with Gasteiger partial charge in [0.1, 0.15) is 5.75 Å². The Hall–Kier alpha value is -2.53. The van der Waals surface area contributed by atoms with Gasteiger partial charge in [0.15, 0.2) is 0 Å². The van der Waals surface area contributed by atoms with Crippen LogP contribution in [-0.2, 0) is 6.54 Å². The Morgan fingerprint density at radius 1 is 1.13 bits per heavy atom. The van der Waals surface area contributed by atoms with Crippen LogP contribution >= 0.6 is 11.6 Å². The molecule has 2 aromatic carbocycles. The van der Waals surface area contributed by atoms with Gasteiger partial charge in [-0.15, -0.1) is 10.2 Å². The molecule has 6 heteroatoms. The number of hydrogen-bond donors (Lipinski definition) is 1. The second-order valence-electron chi connectivity index (χ2n) is 5.04. The molecule has 0 aliphatic carbocycles. The average Bonchev–Trinajstić information content (AvgIpc) is 3.05. The third-order valence-electron chi connectivity index (χ3n) is 3.43. The van der Waals surface area contributed by atoms with Crippen molar-refractivity contribution in [1.82, 2.24) is 10.2 Å². The number of halogens is 1. The molecule has 0 fully saturated rings. The Kier molecular flexibility index (Phi) is 4.48. The minimum absolute atomic E-state index is 0.435. The van der Waals surface area contributed by atoms with E-state index in [1.807, 2.05) is 49.4 Å². The average molecular weight is 330 g/mol. The van der Waals surface area contributed by atoms with Gasteiger partial charge >= 0.3 is 0 Å². The zero-order chi connectivity index (χ0) is 16.2. The molecule has 1 heterocycles. The van der Waals surface area contributed by atoms with Gasteiger partial charge in [-0.2, -0.15) is 0 Å². The zero-order valence-electron chi connectivity index (χ0n) is 12.8. The van der Waals surface area contributed by atoms with Crippen molar-refractivity contribution >= 4 is 17.3 Å². The summed E-state index contributed by atoms with van der Waals surface area (Å²) in [6.45, 7) is 2.44. The Bertz CT molecular complexity index is 800. The van der Waals surface area contributed by atoms with E-state index in [0.29, 0.717) is 23.3 Å². The normalized spacial score (nSPS) is 10.6. The summed E-state index contributed by atoms with van der Waals surface area (Å²) in [5, 5.41) is 12.1. The van der Waals surface area contributed by atoms with Gasteiger partial charge in [-0.25, -0.2) is 0 Å². The summed E-state index contributed by atoms with van der Waals surface area (Å²) < 4.78 is 10.8. The van der Waals surface area contributed by atoms with E-state index >= 15 is 0 Å². The number of rotatable bonds is 5. The highest BCUT2D eigenvalue weighted by molar-refractivity contribution is 6.30. The number of aromatic nitrogens is 2. The van der Waals surface area contributed by atoms with E-state index in [4.69, 9.17) is 20.8 Å². The standard InChI is InChI=1S/C17H16ClN3O2/c1-11-3-6-13(18)9-15(11)19-10-16-20-21-17(23-16)12-4-7-14(22-2)8-5-12/h3-9,19H,10H2,1-2H3. The molecule has 0 saturated carbocycles. The van der Waals surface area contributed by atoms with Crippen LogP contribution in [0.25, 0.3) is 11.5 Å². The molecule has 1 N–H and O–H groups in total. The summed E-state index contributed by atoms with van der Waals surface area (Å²) in [7, 11) is 1.63. The van der Waals surface area contributed by atoms with E-state index in [2.05, 4.69) is 15.5 Å². The summed E-state index contributed by atoms with van der Waals surface area (Å²) in [4.78, 5) is 0. The molecule has 0 atom stereocenters. The Morgan fingerprint density at radius 2 is 1.91 bits per heavy atom. The van der Waals surface area contributed by atoms with Crippen LogP contribution in [0.3, 0.4) is 0 Å². The quantitative estimate of drug-likeness (QED) is 0.755. The minimum Gasteiger partial charge on any atom is -0.497 e. The summed E-state index contributed by atoms with van der Waals surface area (Å²) in [5.41, 5.74) is 2.90. The van der Waals surface area contributed by atoms with Crippen molar-refractivity contribution in [1.29, 1.82) is 0 Å². The number of ether oxygens (including phenoxy) is 1. The molecule has 0 amide bonds. The Balaban J connectivity index is 1.70. The minimum atomic E-state index is 0.435. The summed E-state index contributed by atoms with van der Waals surface area (Å²) in [5.74, 6) is 1.77. The number of benzene rings is 2. The van der Waals surface area contributed by atoms with Crippen LogP contribution in [-0.4, -0.2) is 17.3 Å². The van der Waals surface area contributed by atoms with E-state index in [1.165, 1.54) is 0 Å². The molecular weight excluding hydrogens is 314 g/mol. The third kappa shape index (κ3) is 3.63. The zero-order valence-corrected chi connectivity index (χ0v) is 13.6. The van der Waals surface area contributed by atoms with Crippen molar-refractivity contribution in [3.63, 3.8) is 0 Å². The van der Waals surface area contributed by atoms with E-state index < -0.39 is 0 Å². The maximum atomic E-state index is 6.01. The summed E-state index contributed by atoms with van der Waals surface area (Å²) >= 11 is 6.01. The van der Waals surface area contributed by atoms with Crippen molar-refractivity contribution in [2.75, 3.05) is 12.4 Å². The number of hydrogen-bond acceptors (Lipinski definition) is 5. The predicted octanol–water partition coefficient (Wildman–Crippen LogP) is 4.32. The largest absolute Gasteiger partial charge is 0.497 e. The topological polar surface area (TPSA) is 60.2 Å². The van der Waals surface area contributed by atoms with Crippen LogP contribution < -0.4 is 10.1 Å². The second kappa shape index (κ2) is 6.71. The van der Waals surface area contributed by atoms with Crippen LogP contribution in [0.1, 0.15) is 11.5 Å². The van der Waals surface area contributed by atoms with Crippen molar-refractivity contribution in [3.8, 4) is 17.2 Å². The molecule has 1 aromatic heterocycles. The number of nitrogens with one attached hydrogen (secondary N) is 1. The molecule has 3 rings (SSSR count). The maximum Gasteiger partial charge on any atom is 0.247 e. The van der Waals surface area contributed by atoms with Gasteiger partial charge in [-0.05, 0) is 48.9 Å². The van der Waals surface area contributed by atoms with Crippen LogP contribution in [0.2, 0.25) is 5.02 Å². The van der Waals surface area contributed by atoms with Crippen LogP contribution in [0, 0.1) is 6.92 Å². The lowest BCUT2D eigenvalue weighted by Gasteiger charge is -2.07. The van der Waals surface area contributed by atoms with Gasteiger partial charge in [0.25, 0.3) is 0 Å². The first-order valence-corrected chi connectivity index (χ1v) is 7.50. The Labute approximate surface area is 139 Å². The summed E-state index contributed by atoms with van der Waals surface area (Å²) in [6, 6.07) is 13.2. The molecule has 0 saturated heterocycles. The number of anilines is 1. The molecule has 0 aliphatic heterocycles. The molecule has 5 nitrogen and oxygen atoms in total. The fraction of sp³-hybridized carbons (Fsp3) is 0.176. The molecule has 3 aromatic rings.